The van der Waals surface area contributed by atoms with Gasteiger partial charge in [-0.15, -0.1) is 10.2 Å². The maximum atomic E-state index is 5.51. The van der Waals surface area contributed by atoms with Crippen molar-refractivity contribution >= 4 is 0 Å². The summed E-state index contributed by atoms with van der Waals surface area (Å²) in [5.41, 5.74) is 0.848. The van der Waals surface area contributed by atoms with Crippen LogP contribution < -0.4 is 10.1 Å². The fraction of sp³-hybridized carbons (Fsp3) is 0.462. The molecule has 0 saturated carbocycles. The van der Waals surface area contributed by atoms with E-state index in [1.807, 2.05) is 19.1 Å². The Bertz CT molecular complexity index is 547. The van der Waals surface area contributed by atoms with Gasteiger partial charge in [-0.3, -0.25) is 0 Å². The second-order valence-corrected chi connectivity index (χ2v) is 4.50. The van der Waals surface area contributed by atoms with Crippen LogP contribution in [0.15, 0.2) is 18.3 Å². The molecule has 0 aliphatic carbocycles. The average Bonchev–Trinajstić information content (AvgIpc) is 3.11. The van der Waals surface area contributed by atoms with Crippen LogP contribution in [-0.4, -0.2) is 33.3 Å². The van der Waals surface area contributed by atoms with Gasteiger partial charge in [0.1, 0.15) is 5.82 Å². The van der Waals surface area contributed by atoms with Gasteiger partial charge >= 0.3 is 0 Å². The van der Waals surface area contributed by atoms with Gasteiger partial charge < -0.3 is 15.0 Å². The van der Waals surface area contributed by atoms with Crippen molar-refractivity contribution in [3.63, 3.8) is 0 Å². The molecule has 1 atom stereocenters. The molecule has 1 saturated heterocycles. The van der Waals surface area contributed by atoms with Crippen molar-refractivity contribution in [2.45, 2.75) is 25.8 Å². The van der Waals surface area contributed by atoms with Crippen molar-refractivity contribution in [1.82, 2.24) is 25.5 Å². The molecule has 6 heteroatoms. The van der Waals surface area contributed by atoms with E-state index < -0.39 is 0 Å². The Morgan fingerprint density at radius 3 is 3.16 bits per heavy atom. The number of nitrogens with one attached hydrogen (secondary N) is 2. The topological polar surface area (TPSA) is 75.7 Å². The standard InChI is InChI=1S/C13H17N5O/c1-2-19-13-9(5-3-8-15-13)11-16-12(18-17-11)10-6-4-7-14-10/h3,5,8,10,14H,2,4,6-7H2,1H3,(H,16,17,18). The molecule has 0 bridgehead atoms. The summed E-state index contributed by atoms with van der Waals surface area (Å²) in [6, 6.07) is 4.09. The number of rotatable bonds is 4. The molecule has 2 aromatic rings. The highest BCUT2D eigenvalue weighted by molar-refractivity contribution is 5.60. The number of aromatic amines is 1. The number of hydrogen-bond acceptors (Lipinski definition) is 5. The average molecular weight is 259 g/mol. The lowest BCUT2D eigenvalue weighted by atomic mass is 10.2. The van der Waals surface area contributed by atoms with E-state index in [1.54, 1.807) is 6.20 Å². The minimum absolute atomic E-state index is 0.286. The van der Waals surface area contributed by atoms with Crippen LogP contribution in [0.25, 0.3) is 11.4 Å². The largest absolute Gasteiger partial charge is 0.477 e. The zero-order chi connectivity index (χ0) is 13.1. The molecule has 0 spiro atoms. The smallest absolute Gasteiger partial charge is 0.224 e. The van der Waals surface area contributed by atoms with E-state index in [0.29, 0.717) is 18.3 Å². The second kappa shape index (κ2) is 5.36. The SMILES string of the molecule is CCOc1ncccc1-c1nnc(C2CCCN2)[nH]1. The highest BCUT2D eigenvalue weighted by Crippen LogP contribution is 2.27. The van der Waals surface area contributed by atoms with Crippen LogP contribution in [0.4, 0.5) is 0 Å². The Labute approximate surface area is 111 Å². The number of H-pyrrole nitrogens is 1. The van der Waals surface area contributed by atoms with Gasteiger partial charge in [0.05, 0.1) is 18.2 Å². The van der Waals surface area contributed by atoms with Crippen LogP contribution >= 0.6 is 0 Å². The molecule has 3 heterocycles. The van der Waals surface area contributed by atoms with Crippen molar-refractivity contribution in [2.24, 2.45) is 0 Å². The van der Waals surface area contributed by atoms with E-state index >= 15 is 0 Å². The van der Waals surface area contributed by atoms with Crippen molar-refractivity contribution in [1.29, 1.82) is 0 Å². The highest BCUT2D eigenvalue weighted by Gasteiger charge is 2.21. The lowest BCUT2D eigenvalue weighted by Gasteiger charge is -2.06. The summed E-state index contributed by atoms with van der Waals surface area (Å²) in [5, 5.41) is 11.8. The zero-order valence-corrected chi connectivity index (χ0v) is 10.9. The molecule has 0 radical (unpaired) electrons. The molecule has 6 nitrogen and oxygen atoms in total. The van der Waals surface area contributed by atoms with Crippen molar-refractivity contribution in [2.75, 3.05) is 13.2 Å². The summed E-state index contributed by atoms with van der Waals surface area (Å²) in [6.07, 6.45) is 3.99. The van der Waals surface area contributed by atoms with E-state index in [2.05, 4.69) is 25.5 Å². The van der Waals surface area contributed by atoms with Gasteiger partial charge in [-0.25, -0.2) is 4.98 Å². The molecule has 1 aliphatic heterocycles. The van der Waals surface area contributed by atoms with Gasteiger partial charge in [-0.1, -0.05) is 0 Å². The minimum Gasteiger partial charge on any atom is -0.477 e. The summed E-state index contributed by atoms with van der Waals surface area (Å²) in [7, 11) is 0. The number of pyridine rings is 1. The molecule has 1 aliphatic rings. The van der Waals surface area contributed by atoms with E-state index in [4.69, 9.17) is 4.74 Å². The molecule has 100 valence electrons. The Kier molecular flexibility index (Phi) is 3.41. The third-order valence-electron chi connectivity index (χ3n) is 3.20. The first-order valence-corrected chi connectivity index (χ1v) is 6.62. The predicted molar refractivity (Wildman–Crippen MR) is 70.8 cm³/mol. The Balaban J connectivity index is 1.89. The molecular formula is C13H17N5O. The van der Waals surface area contributed by atoms with Crippen LogP contribution in [0.5, 0.6) is 5.88 Å². The second-order valence-electron chi connectivity index (χ2n) is 4.50. The zero-order valence-electron chi connectivity index (χ0n) is 10.9. The third kappa shape index (κ3) is 2.44. The van der Waals surface area contributed by atoms with Crippen molar-refractivity contribution < 1.29 is 4.74 Å². The monoisotopic (exact) mass is 259 g/mol. The first-order valence-electron chi connectivity index (χ1n) is 6.62. The molecule has 0 amide bonds. The van der Waals surface area contributed by atoms with E-state index in [1.165, 1.54) is 6.42 Å². The molecule has 1 fully saturated rings. The minimum atomic E-state index is 0.286. The lowest BCUT2D eigenvalue weighted by Crippen LogP contribution is -2.14. The molecule has 1 unspecified atom stereocenters. The fourth-order valence-electron chi connectivity index (χ4n) is 2.29. The van der Waals surface area contributed by atoms with Crippen LogP contribution in [0.2, 0.25) is 0 Å². The maximum absolute atomic E-state index is 5.51. The van der Waals surface area contributed by atoms with Gasteiger partial charge in [0, 0.05) is 6.20 Å². The maximum Gasteiger partial charge on any atom is 0.224 e. The van der Waals surface area contributed by atoms with Crippen LogP contribution in [0, 0.1) is 0 Å². The number of nitrogens with zero attached hydrogens (tertiary/aromatic N) is 3. The van der Waals surface area contributed by atoms with E-state index in [0.717, 1.165) is 24.4 Å². The first kappa shape index (κ1) is 12.1. The van der Waals surface area contributed by atoms with Crippen molar-refractivity contribution in [3.05, 3.63) is 24.2 Å². The summed E-state index contributed by atoms with van der Waals surface area (Å²) in [4.78, 5) is 7.49. The highest BCUT2D eigenvalue weighted by atomic mass is 16.5. The first-order chi connectivity index (χ1) is 9.38. The summed E-state index contributed by atoms with van der Waals surface area (Å²) in [6.45, 7) is 3.56. The predicted octanol–water partition coefficient (Wildman–Crippen LogP) is 1.69. The van der Waals surface area contributed by atoms with E-state index in [-0.39, 0.29) is 6.04 Å². The Morgan fingerprint density at radius 1 is 1.42 bits per heavy atom. The quantitative estimate of drug-likeness (QED) is 0.873. The van der Waals surface area contributed by atoms with Gasteiger partial charge in [0.15, 0.2) is 5.82 Å². The van der Waals surface area contributed by atoms with E-state index in [9.17, 15) is 0 Å². The molecule has 2 aromatic heterocycles. The lowest BCUT2D eigenvalue weighted by molar-refractivity contribution is 0.328. The van der Waals surface area contributed by atoms with Gasteiger partial charge in [0.2, 0.25) is 5.88 Å². The normalized spacial score (nSPS) is 18.7. The number of hydrogen-bond donors (Lipinski definition) is 2. The van der Waals surface area contributed by atoms with Crippen LogP contribution in [0.1, 0.15) is 31.6 Å². The molecule has 19 heavy (non-hydrogen) atoms. The molecule has 0 aromatic carbocycles. The van der Waals surface area contributed by atoms with Gasteiger partial charge in [-0.05, 0) is 38.4 Å². The van der Waals surface area contributed by atoms with Crippen molar-refractivity contribution in [3.8, 4) is 17.3 Å². The van der Waals surface area contributed by atoms with Gasteiger partial charge in [-0.2, -0.15) is 0 Å². The van der Waals surface area contributed by atoms with Crippen LogP contribution in [-0.2, 0) is 0 Å². The Hall–Kier alpha value is -1.95. The summed E-state index contributed by atoms with van der Waals surface area (Å²) >= 11 is 0. The summed E-state index contributed by atoms with van der Waals surface area (Å²) in [5.74, 6) is 2.19. The molecular weight excluding hydrogens is 242 g/mol. The number of aromatic nitrogens is 4. The number of ether oxygens (including phenoxy) is 1. The Morgan fingerprint density at radius 2 is 2.37 bits per heavy atom. The molecule has 2 N–H and O–H groups in total. The fourth-order valence-corrected chi connectivity index (χ4v) is 2.29. The van der Waals surface area contributed by atoms with Crippen LogP contribution in [0.3, 0.4) is 0 Å². The van der Waals surface area contributed by atoms with Gasteiger partial charge in [0.25, 0.3) is 0 Å². The summed E-state index contributed by atoms with van der Waals surface area (Å²) < 4.78 is 5.51. The molecule has 3 rings (SSSR count). The third-order valence-corrected chi connectivity index (χ3v) is 3.20.